The lowest BCUT2D eigenvalue weighted by atomic mass is 9.89. The van der Waals surface area contributed by atoms with E-state index in [4.69, 9.17) is 20.9 Å². The summed E-state index contributed by atoms with van der Waals surface area (Å²) in [5, 5.41) is 93.3. The summed E-state index contributed by atoms with van der Waals surface area (Å²) in [6, 6.07) is 4.03. The van der Waals surface area contributed by atoms with Crippen LogP contribution in [-0.4, -0.2) is 107 Å². The van der Waals surface area contributed by atoms with Crippen molar-refractivity contribution >= 4 is 47.3 Å². The third-order valence-electron chi connectivity index (χ3n) is 12.9. The number of carboxylic acid groups (broad SMARTS) is 1. The van der Waals surface area contributed by atoms with Crippen LogP contribution in [0.2, 0.25) is 0 Å². The number of nitrogens with two attached hydrogens (primary N) is 2. The van der Waals surface area contributed by atoms with Gasteiger partial charge in [0.15, 0.2) is 17.5 Å². The standard InChI is InChI=1S/C52H52N8O17/c1-20(2)13-30(53)46(68)59-41-43(65)21-3-8-26(9-4-21)76-34-15-24-16-35(45(34)67)77-27-10-5-22(6-11-27)44(66)42-51(73)58-40(52(74)75)29-17-25(61)18-33(63)37(29)28-14-23(7-12-32(28)62)38(48(70)60-42)57-49(71)39(24)56-47(69)31(19-36(54)64)55-50(41)72/h3-12,14-18,20,30-31,38-44,61-63,65-67H,13,19,53H2,1-2H3,(H2,54,64)(H,55,72)(H,56,69)(H,57,71)(H,58,73)(H,59,68)(H,60,70)(H,74,75)/t30-,31+,38-,39-,40+,41-,42+,43-,44-/m1/s1. The average Bonchev–Trinajstić information content (AvgIpc) is 3.37. The Kier molecular flexibility index (Phi) is 15.2. The lowest BCUT2D eigenvalue weighted by Gasteiger charge is -2.31. The molecule has 5 heterocycles. The van der Waals surface area contributed by atoms with Crippen molar-refractivity contribution in [3.63, 3.8) is 0 Å². The number of primary amides is 1. The zero-order valence-corrected chi connectivity index (χ0v) is 40.7. The summed E-state index contributed by atoms with van der Waals surface area (Å²) < 4.78 is 12.2. The second-order valence-corrected chi connectivity index (χ2v) is 18.9. The van der Waals surface area contributed by atoms with E-state index in [0.29, 0.717) is 0 Å². The van der Waals surface area contributed by atoms with Crippen molar-refractivity contribution in [2.24, 2.45) is 17.4 Å². The SMILES string of the molecule is CC(C)C[C@@H](N)C(=O)N[C@H]1C(=O)N[C@@H](CC(N)=O)C(=O)N[C@H]2C(=O)N[C@H]3C(=O)N[C@H](C(=O)N[C@H](C(=O)O)c4cc(O)cc(O)c4-c4cc3ccc4O)[C@H](O)c3ccc(cc3)Oc3cc2cc(c3O)Oc2ccc(cc2)[C@H]1O. The number of aliphatic hydroxyl groups excluding tert-OH is 2. The Morgan fingerprint density at radius 3 is 1.78 bits per heavy atom. The Hall–Kier alpha value is -9.46. The average molecular weight is 1060 g/mol. The summed E-state index contributed by atoms with van der Waals surface area (Å²) in [7, 11) is 0. The monoisotopic (exact) mass is 1060 g/mol. The summed E-state index contributed by atoms with van der Waals surface area (Å²) in [4.78, 5) is 112. The van der Waals surface area contributed by atoms with Gasteiger partial charge in [-0.15, -0.1) is 0 Å². The maximum Gasteiger partial charge on any atom is 0.330 e. The first-order valence-corrected chi connectivity index (χ1v) is 23.7. The lowest BCUT2D eigenvalue weighted by molar-refractivity contribution is -0.143. The molecule has 5 aliphatic heterocycles. The van der Waals surface area contributed by atoms with Gasteiger partial charge in [0.2, 0.25) is 47.1 Å². The molecule has 0 fully saturated rings. The van der Waals surface area contributed by atoms with E-state index in [1.165, 1.54) is 48.5 Å². The molecule has 25 nitrogen and oxygen atoms in total. The largest absolute Gasteiger partial charge is 0.508 e. The minimum absolute atomic E-state index is 0.0217. The Balaban J connectivity index is 1.34. The molecule has 11 bridgehead atoms. The first-order valence-electron chi connectivity index (χ1n) is 23.7. The Morgan fingerprint density at radius 2 is 1.19 bits per heavy atom. The van der Waals surface area contributed by atoms with Crippen LogP contribution in [0.15, 0.2) is 91.0 Å². The Bertz CT molecular complexity index is 3210. The van der Waals surface area contributed by atoms with E-state index >= 15 is 4.79 Å². The minimum atomic E-state index is -2.14. The second-order valence-electron chi connectivity index (χ2n) is 18.9. The van der Waals surface area contributed by atoms with Gasteiger partial charge in [0, 0.05) is 22.8 Å². The molecule has 402 valence electrons. The number of carboxylic acids is 1. The van der Waals surface area contributed by atoms with Crippen LogP contribution >= 0.6 is 0 Å². The molecule has 25 heteroatoms. The molecular weight excluding hydrogens is 1010 g/mol. The summed E-state index contributed by atoms with van der Waals surface area (Å²) in [6.45, 7) is 3.59. The predicted molar refractivity (Wildman–Crippen MR) is 265 cm³/mol. The summed E-state index contributed by atoms with van der Waals surface area (Å²) in [6.07, 6.45) is -4.67. The van der Waals surface area contributed by atoms with E-state index in [1.54, 1.807) is 13.8 Å². The number of carbonyl (C=O) groups is 8. The van der Waals surface area contributed by atoms with Crippen molar-refractivity contribution < 1.29 is 83.6 Å². The van der Waals surface area contributed by atoms with Crippen molar-refractivity contribution in [3.05, 3.63) is 119 Å². The zero-order valence-electron chi connectivity index (χ0n) is 40.7. The molecule has 17 N–H and O–H groups in total. The maximum absolute atomic E-state index is 15.3. The topological polar surface area (TPSA) is 421 Å². The minimum Gasteiger partial charge on any atom is -0.508 e. The van der Waals surface area contributed by atoms with E-state index in [9.17, 15) is 69.3 Å². The van der Waals surface area contributed by atoms with Gasteiger partial charge in [-0.1, -0.05) is 44.2 Å². The number of nitrogens with one attached hydrogen (secondary N) is 6. The van der Waals surface area contributed by atoms with Crippen LogP contribution < -0.4 is 52.8 Å². The first-order chi connectivity index (χ1) is 36.5. The molecule has 5 aromatic rings. The number of aromatic hydroxyl groups is 4. The summed E-state index contributed by atoms with van der Waals surface area (Å²) in [5.74, 6) is -14.1. The Morgan fingerprint density at radius 1 is 0.636 bits per heavy atom. The van der Waals surface area contributed by atoms with Crippen molar-refractivity contribution in [1.82, 2.24) is 31.9 Å². The summed E-state index contributed by atoms with van der Waals surface area (Å²) in [5.41, 5.74) is 9.81. The van der Waals surface area contributed by atoms with Crippen LogP contribution in [0.25, 0.3) is 11.1 Å². The fourth-order valence-corrected chi connectivity index (χ4v) is 9.05. The zero-order chi connectivity index (χ0) is 55.7. The highest BCUT2D eigenvalue weighted by Gasteiger charge is 2.41. The quantitative estimate of drug-likeness (QED) is 0.107. The molecule has 0 radical (unpaired) electrons. The number of carbonyl (C=O) groups excluding carboxylic acids is 7. The van der Waals surface area contributed by atoms with Gasteiger partial charge in [0.1, 0.15) is 71.2 Å². The van der Waals surface area contributed by atoms with Gasteiger partial charge >= 0.3 is 5.97 Å². The molecule has 0 spiro atoms. The molecule has 0 aromatic heterocycles. The van der Waals surface area contributed by atoms with Crippen molar-refractivity contribution in [1.29, 1.82) is 0 Å². The molecule has 9 atom stereocenters. The van der Waals surface area contributed by atoms with Crippen molar-refractivity contribution in [2.45, 2.75) is 81.2 Å². The number of phenolic OH excluding ortho intramolecular Hbond substituents is 4. The number of phenols is 4. The molecule has 0 saturated heterocycles. The molecule has 5 aromatic carbocycles. The molecule has 5 aliphatic rings. The van der Waals surface area contributed by atoms with E-state index < -0.39 is 154 Å². The van der Waals surface area contributed by atoms with Crippen LogP contribution in [-0.2, 0) is 38.4 Å². The van der Waals surface area contributed by atoms with Gasteiger partial charge in [-0.3, -0.25) is 33.6 Å². The number of ether oxygens (including phenoxy) is 2. The maximum atomic E-state index is 15.3. The van der Waals surface area contributed by atoms with Crippen molar-refractivity contribution in [2.75, 3.05) is 0 Å². The number of hydrogen-bond donors (Lipinski definition) is 15. The third kappa shape index (κ3) is 11.5. The van der Waals surface area contributed by atoms with Crippen LogP contribution in [0.5, 0.6) is 46.0 Å². The lowest BCUT2D eigenvalue weighted by Crippen LogP contribution is -2.59. The van der Waals surface area contributed by atoms with Gasteiger partial charge in [-0.05, 0) is 89.2 Å². The molecular formula is C52H52N8O17. The first kappa shape index (κ1) is 53.8. The fourth-order valence-electron chi connectivity index (χ4n) is 9.05. The number of aliphatic hydroxyl groups is 2. The predicted octanol–water partition coefficient (Wildman–Crippen LogP) is 0.828. The summed E-state index contributed by atoms with van der Waals surface area (Å²) >= 11 is 0. The van der Waals surface area contributed by atoms with Crippen LogP contribution in [0.3, 0.4) is 0 Å². The molecule has 0 unspecified atom stereocenters. The molecule has 77 heavy (non-hydrogen) atoms. The highest BCUT2D eigenvalue weighted by Crippen LogP contribution is 2.46. The van der Waals surface area contributed by atoms with Gasteiger partial charge < -0.3 is 88.6 Å². The number of benzene rings is 5. The van der Waals surface area contributed by atoms with Crippen LogP contribution in [0.4, 0.5) is 0 Å². The number of amides is 7. The van der Waals surface area contributed by atoms with Gasteiger partial charge in [0.25, 0.3) is 0 Å². The second kappa shape index (κ2) is 21.8. The number of hydrogen-bond acceptors (Lipinski definition) is 17. The van der Waals surface area contributed by atoms with Gasteiger partial charge in [-0.25, -0.2) is 4.79 Å². The highest BCUT2D eigenvalue weighted by atomic mass is 16.5. The number of fused-ring (bicyclic) bond motifs is 15. The fraction of sp³-hybridized carbons (Fsp3) is 0.269. The van der Waals surface area contributed by atoms with E-state index in [0.717, 1.165) is 42.5 Å². The molecule has 0 aliphatic carbocycles. The van der Waals surface area contributed by atoms with Crippen LogP contribution in [0.1, 0.15) is 84.8 Å². The van der Waals surface area contributed by atoms with Gasteiger partial charge in [0.05, 0.1) is 12.5 Å². The number of rotatable bonds is 7. The van der Waals surface area contributed by atoms with E-state index in [2.05, 4.69) is 31.9 Å². The molecule has 10 rings (SSSR count). The highest BCUT2D eigenvalue weighted by molar-refractivity contribution is 6.00. The van der Waals surface area contributed by atoms with E-state index in [-0.39, 0.29) is 51.7 Å². The number of aliphatic carboxylic acids is 1. The molecule has 7 amide bonds. The normalized spacial score (nSPS) is 22.8. The molecule has 0 saturated carbocycles. The van der Waals surface area contributed by atoms with E-state index in [1.807, 2.05) is 0 Å². The Labute approximate surface area is 436 Å². The van der Waals surface area contributed by atoms with Crippen LogP contribution in [0, 0.1) is 5.92 Å². The van der Waals surface area contributed by atoms with Gasteiger partial charge in [-0.2, -0.15) is 0 Å². The third-order valence-corrected chi connectivity index (χ3v) is 12.9. The smallest absolute Gasteiger partial charge is 0.330 e. The van der Waals surface area contributed by atoms with Crippen molar-refractivity contribution in [3.8, 4) is 57.1 Å².